The molecular weight excluding hydrogens is 146 g/mol. The number of aliphatic hydroxyl groups is 2. The van der Waals surface area contributed by atoms with Gasteiger partial charge in [0.05, 0.1) is 32.5 Å². The first-order valence-corrected chi connectivity index (χ1v) is 3.92. The van der Waals surface area contributed by atoms with Gasteiger partial charge in [0.2, 0.25) is 0 Å². The lowest BCUT2D eigenvalue weighted by Crippen LogP contribution is -2.48. The fourth-order valence-corrected chi connectivity index (χ4v) is 1.28. The number of hydrogen-bond donors (Lipinski definition) is 2. The standard InChI is InChI=1S/C7H15NO3/c9-3-1-8-2-4-11-6-7(8)5-10/h7,9-10H,1-6H2/t7-/m0/s1. The van der Waals surface area contributed by atoms with Crippen LogP contribution in [0.3, 0.4) is 0 Å². The average Bonchev–Trinajstić information content (AvgIpc) is 2.06. The summed E-state index contributed by atoms with van der Waals surface area (Å²) >= 11 is 0. The van der Waals surface area contributed by atoms with Crippen molar-refractivity contribution in [2.45, 2.75) is 6.04 Å². The Morgan fingerprint density at radius 2 is 2.27 bits per heavy atom. The molecule has 1 rings (SSSR count). The quantitative estimate of drug-likeness (QED) is 0.538. The molecule has 1 heterocycles. The topological polar surface area (TPSA) is 52.9 Å². The first-order chi connectivity index (χ1) is 5.38. The van der Waals surface area contributed by atoms with Crippen molar-refractivity contribution in [2.24, 2.45) is 0 Å². The predicted molar refractivity (Wildman–Crippen MR) is 40.4 cm³/mol. The van der Waals surface area contributed by atoms with Crippen molar-refractivity contribution in [3.8, 4) is 0 Å². The summed E-state index contributed by atoms with van der Waals surface area (Å²) in [6, 6.07) is 0.0795. The molecule has 0 bridgehead atoms. The zero-order chi connectivity index (χ0) is 8.10. The highest BCUT2D eigenvalue weighted by molar-refractivity contribution is 4.73. The van der Waals surface area contributed by atoms with Crippen molar-refractivity contribution in [3.05, 3.63) is 0 Å². The first-order valence-electron chi connectivity index (χ1n) is 3.92. The Hall–Kier alpha value is -0.160. The SMILES string of the molecule is OCCN1CCOC[C@@H]1CO. The fraction of sp³-hybridized carbons (Fsp3) is 1.00. The van der Waals surface area contributed by atoms with Crippen LogP contribution < -0.4 is 0 Å². The summed E-state index contributed by atoms with van der Waals surface area (Å²) in [7, 11) is 0. The summed E-state index contributed by atoms with van der Waals surface area (Å²) < 4.78 is 5.17. The zero-order valence-electron chi connectivity index (χ0n) is 6.57. The van der Waals surface area contributed by atoms with E-state index in [0.29, 0.717) is 19.8 Å². The molecule has 0 unspecified atom stereocenters. The van der Waals surface area contributed by atoms with Crippen LogP contribution in [0.25, 0.3) is 0 Å². The molecule has 0 aromatic heterocycles. The maximum Gasteiger partial charge on any atom is 0.0644 e. The summed E-state index contributed by atoms with van der Waals surface area (Å²) in [5.41, 5.74) is 0. The molecule has 0 spiro atoms. The monoisotopic (exact) mass is 161 g/mol. The number of ether oxygens (including phenoxy) is 1. The van der Waals surface area contributed by atoms with Gasteiger partial charge in [-0.1, -0.05) is 0 Å². The van der Waals surface area contributed by atoms with Gasteiger partial charge in [-0.15, -0.1) is 0 Å². The third kappa shape index (κ3) is 2.41. The van der Waals surface area contributed by atoms with Gasteiger partial charge in [-0.25, -0.2) is 0 Å². The smallest absolute Gasteiger partial charge is 0.0644 e. The molecule has 1 saturated heterocycles. The van der Waals surface area contributed by atoms with Crippen LogP contribution in [-0.4, -0.2) is 60.7 Å². The van der Waals surface area contributed by atoms with Crippen LogP contribution in [-0.2, 0) is 4.74 Å². The van der Waals surface area contributed by atoms with E-state index in [0.717, 1.165) is 6.54 Å². The zero-order valence-corrected chi connectivity index (χ0v) is 6.57. The minimum atomic E-state index is 0.0795. The number of hydrogen-bond acceptors (Lipinski definition) is 4. The molecule has 1 atom stereocenters. The Kier molecular flexibility index (Phi) is 3.79. The van der Waals surface area contributed by atoms with E-state index < -0.39 is 0 Å². The molecular formula is C7H15NO3. The van der Waals surface area contributed by atoms with Crippen LogP contribution in [0.4, 0.5) is 0 Å². The van der Waals surface area contributed by atoms with E-state index in [9.17, 15) is 0 Å². The van der Waals surface area contributed by atoms with Crippen molar-refractivity contribution >= 4 is 0 Å². The number of rotatable bonds is 3. The molecule has 66 valence electrons. The maximum atomic E-state index is 8.88. The van der Waals surface area contributed by atoms with E-state index in [1.54, 1.807) is 0 Å². The van der Waals surface area contributed by atoms with Crippen LogP contribution in [0.5, 0.6) is 0 Å². The number of aliphatic hydroxyl groups excluding tert-OH is 2. The van der Waals surface area contributed by atoms with Crippen LogP contribution in [0.2, 0.25) is 0 Å². The molecule has 1 fully saturated rings. The fourth-order valence-electron chi connectivity index (χ4n) is 1.28. The Morgan fingerprint density at radius 3 is 2.91 bits per heavy atom. The molecule has 0 aromatic carbocycles. The Balaban J connectivity index is 2.31. The lowest BCUT2D eigenvalue weighted by atomic mass is 10.2. The molecule has 0 aromatic rings. The molecule has 0 amide bonds. The van der Waals surface area contributed by atoms with Crippen LogP contribution in [0, 0.1) is 0 Å². The molecule has 1 aliphatic rings. The molecule has 4 nitrogen and oxygen atoms in total. The van der Waals surface area contributed by atoms with Gasteiger partial charge in [0, 0.05) is 13.1 Å². The van der Waals surface area contributed by atoms with Gasteiger partial charge in [0.1, 0.15) is 0 Å². The van der Waals surface area contributed by atoms with E-state index in [1.165, 1.54) is 0 Å². The minimum absolute atomic E-state index is 0.0795. The van der Waals surface area contributed by atoms with Crippen molar-refractivity contribution in [2.75, 3.05) is 39.5 Å². The first kappa shape index (κ1) is 8.93. The summed E-state index contributed by atoms with van der Waals surface area (Å²) in [6.07, 6.45) is 0. The van der Waals surface area contributed by atoms with Gasteiger partial charge >= 0.3 is 0 Å². The van der Waals surface area contributed by atoms with Gasteiger partial charge in [0.25, 0.3) is 0 Å². The van der Waals surface area contributed by atoms with Gasteiger partial charge < -0.3 is 14.9 Å². The molecule has 1 aliphatic heterocycles. The Labute approximate surface area is 66.4 Å². The van der Waals surface area contributed by atoms with Gasteiger partial charge in [-0.3, -0.25) is 4.90 Å². The van der Waals surface area contributed by atoms with Gasteiger partial charge in [-0.05, 0) is 0 Å². The second kappa shape index (κ2) is 4.66. The molecule has 2 N–H and O–H groups in total. The van der Waals surface area contributed by atoms with E-state index in [1.807, 2.05) is 4.90 Å². The highest BCUT2D eigenvalue weighted by Crippen LogP contribution is 2.04. The highest BCUT2D eigenvalue weighted by Gasteiger charge is 2.20. The molecule has 0 saturated carbocycles. The van der Waals surface area contributed by atoms with E-state index >= 15 is 0 Å². The summed E-state index contributed by atoms with van der Waals surface area (Å²) in [5.74, 6) is 0. The third-order valence-corrected chi connectivity index (χ3v) is 1.95. The Morgan fingerprint density at radius 1 is 1.45 bits per heavy atom. The molecule has 0 aliphatic carbocycles. The minimum Gasteiger partial charge on any atom is -0.395 e. The van der Waals surface area contributed by atoms with Crippen molar-refractivity contribution in [1.82, 2.24) is 4.90 Å². The second-order valence-corrected chi connectivity index (χ2v) is 2.67. The summed E-state index contributed by atoms with van der Waals surface area (Å²) in [6.45, 7) is 2.99. The predicted octanol–water partition coefficient (Wildman–Crippen LogP) is -1.33. The summed E-state index contributed by atoms with van der Waals surface area (Å²) in [5, 5.41) is 17.6. The van der Waals surface area contributed by atoms with Gasteiger partial charge in [-0.2, -0.15) is 0 Å². The molecule has 0 radical (unpaired) electrons. The summed E-state index contributed by atoms with van der Waals surface area (Å²) in [4.78, 5) is 2.05. The molecule has 11 heavy (non-hydrogen) atoms. The van der Waals surface area contributed by atoms with Crippen LogP contribution in [0.15, 0.2) is 0 Å². The van der Waals surface area contributed by atoms with Crippen molar-refractivity contribution < 1.29 is 14.9 Å². The highest BCUT2D eigenvalue weighted by atomic mass is 16.5. The van der Waals surface area contributed by atoms with Crippen molar-refractivity contribution in [3.63, 3.8) is 0 Å². The van der Waals surface area contributed by atoms with Crippen molar-refractivity contribution in [1.29, 1.82) is 0 Å². The average molecular weight is 161 g/mol. The van der Waals surface area contributed by atoms with E-state index in [-0.39, 0.29) is 19.3 Å². The second-order valence-electron chi connectivity index (χ2n) is 2.67. The van der Waals surface area contributed by atoms with Gasteiger partial charge in [0.15, 0.2) is 0 Å². The third-order valence-electron chi connectivity index (χ3n) is 1.95. The van der Waals surface area contributed by atoms with Crippen LogP contribution >= 0.6 is 0 Å². The number of morpholine rings is 1. The number of nitrogens with zero attached hydrogens (tertiary/aromatic N) is 1. The number of β-amino-alcohol motifs (C(OH)–C–C–N with tert-alkyl or cyclic N) is 1. The normalized spacial score (nSPS) is 27.3. The Bertz CT molecular complexity index is 108. The lowest BCUT2D eigenvalue weighted by Gasteiger charge is -2.33. The van der Waals surface area contributed by atoms with E-state index in [4.69, 9.17) is 14.9 Å². The lowest BCUT2D eigenvalue weighted by molar-refractivity contribution is -0.0324. The van der Waals surface area contributed by atoms with E-state index in [2.05, 4.69) is 0 Å². The van der Waals surface area contributed by atoms with Crippen LogP contribution in [0.1, 0.15) is 0 Å². The molecule has 4 heteroatoms. The maximum absolute atomic E-state index is 8.88. The largest absolute Gasteiger partial charge is 0.395 e.